The fourth-order valence-corrected chi connectivity index (χ4v) is 3.25. The predicted molar refractivity (Wildman–Crippen MR) is 85.7 cm³/mol. The molecule has 1 aromatic carbocycles. The van der Waals surface area contributed by atoms with E-state index in [1.807, 2.05) is 23.7 Å². The molecule has 2 unspecified atom stereocenters. The summed E-state index contributed by atoms with van der Waals surface area (Å²) >= 11 is 1.73. The van der Waals surface area contributed by atoms with E-state index >= 15 is 0 Å². The van der Waals surface area contributed by atoms with Crippen molar-refractivity contribution in [3.63, 3.8) is 0 Å². The van der Waals surface area contributed by atoms with E-state index in [1.165, 1.54) is 10.4 Å². The zero-order valence-corrected chi connectivity index (χ0v) is 13.2. The van der Waals surface area contributed by atoms with Crippen LogP contribution >= 0.6 is 11.3 Å². The molecule has 108 valence electrons. The quantitative estimate of drug-likeness (QED) is 0.888. The molecular formula is C16H23N3S. The Morgan fingerprint density at radius 3 is 2.60 bits per heavy atom. The maximum Gasteiger partial charge on any atom is 0.0798 e. The first-order valence-electron chi connectivity index (χ1n) is 6.96. The van der Waals surface area contributed by atoms with Gasteiger partial charge in [-0.15, -0.1) is 11.3 Å². The fourth-order valence-electron chi connectivity index (χ4n) is 2.40. The van der Waals surface area contributed by atoms with Crippen molar-refractivity contribution in [1.29, 1.82) is 0 Å². The van der Waals surface area contributed by atoms with E-state index in [2.05, 4.69) is 42.9 Å². The first-order chi connectivity index (χ1) is 9.58. The highest BCUT2D eigenvalue weighted by atomic mass is 32.1. The lowest BCUT2D eigenvalue weighted by molar-refractivity contribution is 0.259. The van der Waals surface area contributed by atoms with Crippen molar-refractivity contribution >= 4 is 11.3 Å². The van der Waals surface area contributed by atoms with Crippen LogP contribution < -0.4 is 5.73 Å². The first-order valence-corrected chi connectivity index (χ1v) is 7.84. The van der Waals surface area contributed by atoms with Crippen LogP contribution in [0.4, 0.5) is 0 Å². The van der Waals surface area contributed by atoms with Gasteiger partial charge in [0.25, 0.3) is 0 Å². The van der Waals surface area contributed by atoms with Crippen molar-refractivity contribution < 1.29 is 0 Å². The third-order valence-electron chi connectivity index (χ3n) is 3.66. The predicted octanol–water partition coefficient (Wildman–Crippen LogP) is 3.22. The topological polar surface area (TPSA) is 42.2 Å². The molecule has 1 aromatic heterocycles. The van der Waals surface area contributed by atoms with Crippen molar-refractivity contribution in [1.82, 2.24) is 9.88 Å². The number of rotatable bonds is 6. The van der Waals surface area contributed by atoms with Crippen LogP contribution in [0.5, 0.6) is 0 Å². The van der Waals surface area contributed by atoms with Crippen LogP contribution in [-0.4, -0.2) is 23.5 Å². The molecule has 0 aliphatic rings. The molecule has 0 radical (unpaired) electrons. The van der Waals surface area contributed by atoms with E-state index in [0.29, 0.717) is 5.92 Å². The molecule has 0 aliphatic heterocycles. The van der Waals surface area contributed by atoms with Gasteiger partial charge in [0, 0.05) is 24.0 Å². The van der Waals surface area contributed by atoms with Crippen LogP contribution in [0, 0.1) is 12.8 Å². The highest BCUT2D eigenvalue weighted by Crippen LogP contribution is 2.21. The minimum absolute atomic E-state index is 0.0845. The molecular weight excluding hydrogens is 266 g/mol. The number of hydrogen-bond donors (Lipinski definition) is 1. The summed E-state index contributed by atoms with van der Waals surface area (Å²) in [5.41, 5.74) is 10.6. The average Bonchev–Trinajstić information content (AvgIpc) is 2.84. The first kappa shape index (κ1) is 15.2. The van der Waals surface area contributed by atoms with E-state index in [4.69, 9.17) is 5.73 Å². The molecule has 0 fully saturated rings. The van der Waals surface area contributed by atoms with Crippen LogP contribution in [0.3, 0.4) is 0 Å². The van der Waals surface area contributed by atoms with Gasteiger partial charge in [0.05, 0.1) is 11.2 Å². The molecule has 20 heavy (non-hydrogen) atoms. The number of aromatic nitrogens is 1. The summed E-state index contributed by atoms with van der Waals surface area (Å²) in [5, 5.41) is 0. The molecule has 0 saturated carbocycles. The summed E-state index contributed by atoms with van der Waals surface area (Å²) < 4.78 is 0. The highest BCUT2D eigenvalue weighted by Gasteiger charge is 2.17. The van der Waals surface area contributed by atoms with Crippen molar-refractivity contribution in [3.8, 4) is 0 Å². The number of aryl methyl sites for hydroxylation is 1. The average molecular weight is 289 g/mol. The summed E-state index contributed by atoms with van der Waals surface area (Å²) in [5.74, 6) is 0.413. The monoisotopic (exact) mass is 289 g/mol. The minimum atomic E-state index is 0.0845. The molecule has 0 spiro atoms. The van der Waals surface area contributed by atoms with Gasteiger partial charge in [-0.25, -0.2) is 4.98 Å². The third kappa shape index (κ3) is 3.88. The molecule has 3 nitrogen and oxygen atoms in total. The maximum absolute atomic E-state index is 6.35. The number of benzene rings is 1. The van der Waals surface area contributed by atoms with E-state index < -0.39 is 0 Å². The zero-order chi connectivity index (χ0) is 14.5. The van der Waals surface area contributed by atoms with Gasteiger partial charge in [0.2, 0.25) is 0 Å². The fraction of sp³-hybridized carbons (Fsp3) is 0.438. The Balaban J connectivity index is 1.91. The van der Waals surface area contributed by atoms with Crippen molar-refractivity contribution in [2.75, 3.05) is 13.6 Å². The maximum atomic E-state index is 6.35. The second kappa shape index (κ2) is 6.97. The van der Waals surface area contributed by atoms with Gasteiger partial charge in [-0.05, 0) is 25.5 Å². The third-order valence-corrected chi connectivity index (χ3v) is 4.58. The van der Waals surface area contributed by atoms with E-state index in [1.54, 1.807) is 11.3 Å². The van der Waals surface area contributed by atoms with E-state index in [0.717, 1.165) is 18.8 Å². The molecule has 2 atom stereocenters. The summed E-state index contributed by atoms with van der Waals surface area (Å²) in [6.07, 6.45) is 0. The summed E-state index contributed by atoms with van der Waals surface area (Å²) in [6.45, 7) is 6.21. The molecule has 2 N–H and O–H groups in total. The van der Waals surface area contributed by atoms with Crippen LogP contribution in [0.25, 0.3) is 0 Å². The SMILES string of the molecule is Cc1ncsc1CN(C)CC(C)C(N)c1ccccc1. The molecule has 0 amide bonds. The van der Waals surface area contributed by atoms with Crippen LogP contribution in [0.2, 0.25) is 0 Å². The molecule has 0 bridgehead atoms. The van der Waals surface area contributed by atoms with Gasteiger partial charge in [0.1, 0.15) is 0 Å². The lowest BCUT2D eigenvalue weighted by Crippen LogP contribution is -2.30. The molecule has 0 saturated heterocycles. The Morgan fingerprint density at radius 1 is 1.30 bits per heavy atom. The van der Waals surface area contributed by atoms with Crippen molar-refractivity contribution in [2.45, 2.75) is 26.4 Å². The largest absolute Gasteiger partial charge is 0.324 e. The number of nitrogens with two attached hydrogens (primary N) is 1. The standard InChI is InChI=1S/C16H23N3S/c1-12(16(17)14-7-5-4-6-8-14)9-19(3)10-15-13(2)18-11-20-15/h4-8,11-12,16H,9-10,17H2,1-3H3. The molecule has 0 aliphatic carbocycles. The number of nitrogens with zero attached hydrogens (tertiary/aromatic N) is 2. The Bertz CT molecular complexity index is 524. The van der Waals surface area contributed by atoms with E-state index in [-0.39, 0.29) is 6.04 Å². The number of thiazole rings is 1. The zero-order valence-electron chi connectivity index (χ0n) is 12.4. The normalized spacial score (nSPS) is 14.4. The Labute approximate surface area is 125 Å². The summed E-state index contributed by atoms with van der Waals surface area (Å²) in [6, 6.07) is 10.4. The second-order valence-corrected chi connectivity index (χ2v) is 6.41. The lowest BCUT2D eigenvalue weighted by Gasteiger charge is -2.25. The second-order valence-electron chi connectivity index (χ2n) is 5.47. The van der Waals surface area contributed by atoms with Crippen molar-refractivity contribution in [2.24, 2.45) is 11.7 Å². The molecule has 1 heterocycles. The molecule has 2 aromatic rings. The van der Waals surface area contributed by atoms with Crippen LogP contribution in [0.15, 0.2) is 35.8 Å². The van der Waals surface area contributed by atoms with Crippen LogP contribution in [-0.2, 0) is 6.54 Å². The summed E-state index contributed by atoms with van der Waals surface area (Å²) in [4.78, 5) is 7.97. The minimum Gasteiger partial charge on any atom is -0.324 e. The van der Waals surface area contributed by atoms with Gasteiger partial charge in [0.15, 0.2) is 0 Å². The highest BCUT2D eigenvalue weighted by molar-refractivity contribution is 7.09. The lowest BCUT2D eigenvalue weighted by atomic mass is 9.95. The Morgan fingerprint density at radius 2 is 2.00 bits per heavy atom. The number of hydrogen-bond acceptors (Lipinski definition) is 4. The Hall–Kier alpha value is -1.23. The van der Waals surface area contributed by atoms with Gasteiger partial charge < -0.3 is 10.6 Å². The van der Waals surface area contributed by atoms with Gasteiger partial charge in [-0.3, -0.25) is 0 Å². The Kier molecular flexibility index (Phi) is 5.29. The van der Waals surface area contributed by atoms with Gasteiger partial charge in [-0.1, -0.05) is 37.3 Å². The van der Waals surface area contributed by atoms with E-state index in [9.17, 15) is 0 Å². The smallest absolute Gasteiger partial charge is 0.0798 e. The van der Waals surface area contributed by atoms with Gasteiger partial charge >= 0.3 is 0 Å². The van der Waals surface area contributed by atoms with Crippen molar-refractivity contribution in [3.05, 3.63) is 52.0 Å². The molecule has 2 rings (SSSR count). The van der Waals surface area contributed by atoms with Crippen LogP contribution in [0.1, 0.15) is 29.1 Å². The summed E-state index contributed by atoms with van der Waals surface area (Å²) in [7, 11) is 2.15. The molecule has 4 heteroatoms. The van der Waals surface area contributed by atoms with Gasteiger partial charge in [-0.2, -0.15) is 0 Å².